The third kappa shape index (κ3) is 3.82. The van der Waals surface area contributed by atoms with Gasteiger partial charge in [0, 0.05) is 11.9 Å². The predicted octanol–water partition coefficient (Wildman–Crippen LogP) is 1.11. The first-order chi connectivity index (χ1) is 8.21. The minimum atomic E-state index is -3.41. The molecule has 2 unspecified atom stereocenters. The molecule has 0 aliphatic heterocycles. The highest BCUT2D eigenvalue weighted by atomic mass is 32.2. The Labute approximate surface area is 107 Å². The number of hydrogen-bond acceptors (Lipinski definition) is 4. The zero-order valence-corrected chi connectivity index (χ0v) is 11.4. The highest BCUT2D eigenvalue weighted by molar-refractivity contribution is 7.92. The van der Waals surface area contributed by atoms with Crippen molar-refractivity contribution in [1.82, 2.24) is 0 Å². The first-order valence-corrected chi connectivity index (χ1v) is 7.45. The zero-order chi connectivity index (χ0) is 13.9. The largest absolute Gasteiger partial charge is 0.389 e. The van der Waals surface area contributed by atoms with Crippen LogP contribution in [-0.2, 0) is 14.6 Å². The van der Waals surface area contributed by atoms with Gasteiger partial charge in [-0.2, -0.15) is 0 Å². The first kappa shape index (κ1) is 14.7. The highest BCUT2D eigenvalue weighted by Crippen LogP contribution is 2.17. The maximum atomic E-state index is 11.7. The third-order valence-electron chi connectivity index (χ3n) is 2.65. The van der Waals surface area contributed by atoms with Crippen molar-refractivity contribution in [3.63, 3.8) is 0 Å². The van der Waals surface area contributed by atoms with Crippen molar-refractivity contribution in [3.05, 3.63) is 29.8 Å². The van der Waals surface area contributed by atoms with Crippen LogP contribution in [0.1, 0.15) is 25.5 Å². The van der Waals surface area contributed by atoms with Crippen LogP contribution < -0.4 is 5.32 Å². The number of benzene rings is 1. The van der Waals surface area contributed by atoms with Gasteiger partial charge in [-0.3, -0.25) is 4.79 Å². The molecule has 0 aliphatic rings. The Morgan fingerprint density at radius 2 is 1.94 bits per heavy atom. The monoisotopic (exact) mass is 271 g/mol. The van der Waals surface area contributed by atoms with Gasteiger partial charge in [0.15, 0.2) is 9.84 Å². The summed E-state index contributed by atoms with van der Waals surface area (Å²) in [6.07, 6.45) is 0.373. The van der Waals surface area contributed by atoms with Crippen molar-refractivity contribution >= 4 is 21.4 Å². The normalized spacial score (nSPS) is 14.9. The summed E-state index contributed by atoms with van der Waals surface area (Å²) >= 11 is 0. The Balaban J connectivity index is 2.86. The molecule has 0 aliphatic carbocycles. The van der Waals surface area contributed by atoms with Gasteiger partial charge in [-0.15, -0.1) is 0 Å². The standard InChI is InChI=1S/C12H17NO4S/c1-8(14)10-5-4-6-11(7-10)13-12(15)9(2)18(3,16)17/h4-9,14H,1-3H3,(H,13,15). The van der Waals surface area contributed by atoms with E-state index in [1.165, 1.54) is 6.92 Å². The summed E-state index contributed by atoms with van der Waals surface area (Å²) in [5.41, 5.74) is 1.12. The molecule has 0 saturated carbocycles. The molecule has 6 heteroatoms. The van der Waals surface area contributed by atoms with E-state index in [1.54, 1.807) is 31.2 Å². The average molecular weight is 271 g/mol. The van der Waals surface area contributed by atoms with Crippen molar-refractivity contribution in [3.8, 4) is 0 Å². The van der Waals surface area contributed by atoms with Crippen LogP contribution >= 0.6 is 0 Å². The summed E-state index contributed by atoms with van der Waals surface area (Å²) < 4.78 is 22.5. The van der Waals surface area contributed by atoms with Crippen LogP contribution in [0.5, 0.6) is 0 Å². The van der Waals surface area contributed by atoms with E-state index in [0.29, 0.717) is 11.3 Å². The number of sulfone groups is 1. The fourth-order valence-corrected chi connectivity index (χ4v) is 1.76. The molecule has 0 radical (unpaired) electrons. The van der Waals surface area contributed by atoms with E-state index in [1.807, 2.05) is 0 Å². The Hall–Kier alpha value is -1.40. The second kappa shape index (κ2) is 5.49. The SMILES string of the molecule is CC(O)c1cccc(NC(=O)C(C)S(C)(=O)=O)c1. The molecule has 18 heavy (non-hydrogen) atoms. The Morgan fingerprint density at radius 3 is 2.44 bits per heavy atom. The molecule has 0 fully saturated rings. The Bertz CT molecular complexity index is 537. The molecule has 1 amide bonds. The highest BCUT2D eigenvalue weighted by Gasteiger charge is 2.23. The van der Waals surface area contributed by atoms with E-state index < -0.39 is 27.1 Å². The van der Waals surface area contributed by atoms with Crippen molar-refractivity contribution in [2.24, 2.45) is 0 Å². The minimum Gasteiger partial charge on any atom is -0.389 e. The number of anilines is 1. The molecular formula is C12H17NO4S. The molecule has 1 rings (SSSR count). The number of amides is 1. The molecule has 2 N–H and O–H groups in total. The van der Waals surface area contributed by atoms with E-state index in [9.17, 15) is 18.3 Å². The van der Waals surface area contributed by atoms with Gasteiger partial charge in [0.1, 0.15) is 5.25 Å². The lowest BCUT2D eigenvalue weighted by Gasteiger charge is -2.12. The zero-order valence-electron chi connectivity index (χ0n) is 10.5. The lowest BCUT2D eigenvalue weighted by molar-refractivity contribution is -0.115. The van der Waals surface area contributed by atoms with Crippen LogP contribution in [0, 0.1) is 0 Å². The molecule has 1 aromatic rings. The van der Waals surface area contributed by atoms with Gasteiger partial charge >= 0.3 is 0 Å². The van der Waals surface area contributed by atoms with Crippen LogP contribution in [0.15, 0.2) is 24.3 Å². The van der Waals surface area contributed by atoms with Gasteiger partial charge in [-0.05, 0) is 31.5 Å². The van der Waals surface area contributed by atoms with Crippen molar-refractivity contribution in [2.45, 2.75) is 25.2 Å². The molecule has 0 spiro atoms. The number of aliphatic hydroxyl groups is 1. The molecule has 0 saturated heterocycles. The maximum absolute atomic E-state index is 11.7. The summed E-state index contributed by atoms with van der Waals surface area (Å²) in [4.78, 5) is 11.7. The van der Waals surface area contributed by atoms with Crippen LogP contribution in [0.2, 0.25) is 0 Å². The lowest BCUT2D eigenvalue weighted by Crippen LogP contribution is -2.31. The summed E-state index contributed by atoms with van der Waals surface area (Å²) in [6.45, 7) is 2.95. The van der Waals surface area contributed by atoms with E-state index in [-0.39, 0.29) is 0 Å². The van der Waals surface area contributed by atoms with Crippen molar-refractivity contribution in [1.29, 1.82) is 0 Å². The van der Waals surface area contributed by atoms with Crippen LogP contribution in [0.4, 0.5) is 5.69 Å². The van der Waals surface area contributed by atoms with E-state index in [0.717, 1.165) is 6.26 Å². The van der Waals surface area contributed by atoms with Gasteiger partial charge in [0.05, 0.1) is 6.10 Å². The number of carbonyl (C=O) groups is 1. The minimum absolute atomic E-state index is 0.467. The smallest absolute Gasteiger partial charge is 0.242 e. The molecule has 0 bridgehead atoms. The Morgan fingerprint density at radius 1 is 1.33 bits per heavy atom. The predicted molar refractivity (Wildman–Crippen MR) is 70.0 cm³/mol. The molecule has 0 aromatic heterocycles. The fraction of sp³-hybridized carbons (Fsp3) is 0.417. The summed E-state index contributed by atoms with van der Waals surface area (Å²) in [5, 5.41) is 10.8. The summed E-state index contributed by atoms with van der Waals surface area (Å²) in [6, 6.07) is 6.65. The van der Waals surface area contributed by atoms with E-state index in [2.05, 4.69) is 5.32 Å². The molecule has 2 atom stereocenters. The van der Waals surface area contributed by atoms with Gasteiger partial charge in [0.25, 0.3) is 0 Å². The lowest BCUT2D eigenvalue weighted by atomic mass is 10.1. The van der Waals surface area contributed by atoms with Crippen molar-refractivity contribution in [2.75, 3.05) is 11.6 Å². The first-order valence-electron chi connectivity index (χ1n) is 5.49. The second-order valence-corrected chi connectivity index (χ2v) is 6.63. The van der Waals surface area contributed by atoms with Crippen molar-refractivity contribution < 1.29 is 18.3 Å². The number of nitrogens with one attached hydrogen (secondary N) is 1. The number of carbonyl (C=O) groups excluding carboxylic acids is 1. The van der Waals surface area contributed by atoms with Gasteiger partial charge in [-0.25, -0.2) is 8.42 Å². The van der Waals surface area contributed by atoms with Crippen LogP contribution in [0.25, 0.3) is 0 Å². The number of hydrogen-bond donors (Lipinski definition) is 2. The van der Waals surface area contributed by atoms with Gasteiger partial charge in [-0.1, -0.05) is 12.1 Å². The van der Waals surface area contributed by atoms with Gasteiger partial charge in [0.2, 0.25) is 5.91 Å². The van der Waals surface area contributed by atoms with E-state index in [4.69, 9.17) is 0 Å². The molecule has 5 nitrogen and oxygen atoms in total. The molecule has 100 valence electrons. The third-order valence-corrected chi connectivity index (χ3v) is 4.15. The Kier molecular flexibility index (Phi) is 4.48. The van der Waals surface area contributed by atoms with Gasteiger partial charge < -0.3 is 10.4 Å². The topological polar surface area (TPSA) is 83.5 Å². The number of aliphatic hydroxyl groups excluding tert-OH is 1. The van der Waals surface area contributed by atoms with Crippen LogP contribution in [-0.4, -0.2) is 30.9 Å². The average Bonchev–Trinajstić information content (AvgIpc) is 2.27. The maximum Gasteiger partial charge on any atom is 0.242 e. The number of rotatable bonds is 4. The van der Waals surface area contributed by atoms with Crippen LogP contribution in [0.3, 0.4) is 0 Å². The summed E-state index contributed by atoms with van der Waals surface area (Å²) in [7, 11) is -3.41. The van der Waals surface area contributed by atoms with E-state index >= 15 is 0 Å². The quantitative estimate of drug-likeness (QED) is 0.859. The second-order valence-electron chi connectivity index (χ2n) is 4.26. The fourth-order valence-electron chi connectivity index (χ4n) is 1.31. The summed E-state index contributed by atoms with van der Waals surface area (Å²) in [5.74, 6) is -0.583. The molecular weight excluding hydrogens is 254 g/mol. The molecule has 1 aromatic carbocycles. The molecule has 0 heterocycles.